The molecule has 0 atom stereocenters. The highest BCUT2D eigenvalue weighted by Crippen LogP contribution is 2.31. The van der Waals surface area contributed by atoms with Crippen LogP contribution in [-0.4, -0.2) is 18.9 Å². The number of ether oxygens (including phenoxy) is 2. The fraction of sp³-hybridized carbons (Fsp3) is 0.333. The molecule has 5 heteroatoms. The molecule has 0 saturated carbocycles. The van der Waals surface area contributed by atoms with Gasteiger partial charge in [-0.2, -0.15) is 5.10 Å². The summed E-state index contributed by atoms with van der Waals surface area (Å²) in [5, 5.41) is 3.86. The summed E-state index contributed by atoms with van der Waals surface area (Å²) in [5.41, 5.74) is 3.31. The maximum Gasteiger partial charge on any atom is 0.240 e. The Kier molecular flexibility index (Phi) is 3.59. The second-order valence-electron chi connectivity index (χ2n) is 3.66. The Bertz CT molecular complexity index is 443. The predicted molar refractivity (Wildman–Crippen MR) is 63.2 cm³/mol. The van der Waals surface area contributed by atoms with Crippen LogP contribution in [0.4, 0.5) is 0 Å². The van der Waals surface area contributed by atoms with E-state index in [1.165, 1.54) is 0 Å². The Balaban J connectivity index is 1.95. The lowest BCUT2D eigenvalue weighted by molar-refractivity contribution is -0.121. The zero-order valence-electron chi connectivity index (χ0n) is 9.60. The smallest absolute Gasteiger partial charge is 0.240 e. The second-order valence-corrected chi connectivity index (χ2v) is 3.66. The molecule has 0 aromatic heterocycles. The summed E-state index contributed by atoms with van der Waals surface area (Å²) >= 11 is 0. The van der Waals surface area contributed by atoms with Gasteiger partial charge >= 0.3 is 0 Å². The molecule has 1 amide bonds. The van der Waals surface area contributed by atoms with Gasteiger partial charge in [0, 0.05) is 6.42 Å². The topological polar surface area (TPSA) is 59.9 Å². The molecule has 0 fully saturated rings. The van der Waals surface area contributed by atoms with Gasteiger partial charge in [-0.15, -0.1) is 0 Å². The van der Waals surface area contributed by atoms with E-state index < -0.39 is 0 Å². The van der Waals surface area contributed by atoms with E-state index in [9.17, 15) is 4.79 Å². The number of fused-ring (bicyclic) bond motifs is 1. The van der Waals surface area contributed by atoms with Crippen molar-refractivity contribution in [2.45, 2.75) is 19.8 Å². The molecule has 5 nitrogen and oxygen atoms in total. The third-order valence-electron chi connectivity index (χ3n) is 2.28. The van der Waals surface area contributed by atoms with Crippen molar-refractivity contribution in [1.82, 2.24) is 5.43 Å². The van der Waals surface area contributed by atoms with Crippen molar-refractivity contribution in [3.05, 3.63) is 23.8 Å². The predicted octanol–water partition coefficient (Wildman–Crippen LogP) is 1.67. The Labute approximate surface area is 99.4 Å². The first-order valence-corrected chi connectivity index (χ1v) is 5.51. The number of benzene rings is 1. The van der Waals surface area contributed by atoms with Gasteiger partial charge in [0.25, 0.3) is 0 Å². The van der Waals surface area contributed by atoms with Crippen molar-refractivity contribution in [1.29, 1.82) is 0 Å². The Morgan fingerprint density at radius 3 is 3.12 bits per heavy atom. The summed E-state index contributed by atoms with van der Waals surface area (Å²) in [6.07, 6.45) is 2.87. The molecular weight excluding hydrogens is 220 g/mol. The van der Waals surface area contributed by atoms with Gasteiger partial charge in [-0.3, -0.25) is 4.79 Å². The van der Waals surface area contributed by atoms with Gasteiger partial charge in [0.1, 0.15) is 0 Å². The SMILES string of the molecule is CCCC(=O)NN=Cc1ccc2c(c1)OCO2. The summed E-state index contributed by atoms with van der Waals surface area (Å²) in [5.74, 6) is 1.36. The summed E-state index contributed by atoms with van der Waals surface area (Å²) in [6, 6.07) is 5.48. The standard InChI is InChI=1S/C12H14N2O3/c1-2-3-12(15)14-13-7-9-4-5-10-11(6-9)17-8-16-10/h4-7H,2-3,8H2,1H3,(H,14,15). The summed E-state index contributed by atoms with van der Waals surface area (Å²) in [7, 11) is 0. The van der Waals surface area contributed by atoms with Crippen LogP contribution in [0.1, 0.15) is 25.3 Å². The van der Waals surface area contributed by atoms with Crippen LogP contribution in [0.5, 0.6) is 11.5 Å². The Morgan fingerprint density at radius 1 is 1.47 bits per heavy atom. The molecular formula is C12H14N2O3. The molecule has 1 aromatic rings. The molecule has 0 unspecified atom stereocenters. The Morgan fingerprint density at radius 2 is 2.29 bits per heavy atom. The first-order valence-electron chi connectivity index (χ1n) is 5.51. The number of carbonyl (C=O) groups is 1. The number of nitrogens with one attached hydrogen (secondary N) is 1. The largest absolute Gasteiger partial charge is 0.454 e. The highest BCUT2D eigenvalue weighted by atomic mass is 16.7. The molecule has 90 valence electrons. The molecule has 1 aromatic carbocycles. The van der Waals surface area contributed by atoms with Crippen molar-refractivity contribution < 1.29 is 14.3 Å². The van der Waals surface area contributed by atoms with Crippen LogP contribution < -0.4 is 14.9 Å². The molecule has 2 rings (SSSR count). The number of hydrazone groups is 1. The van der Waals surface area contributed by atoms with E-state index in [0.717, 1.165) is 17.7 Å². The van der Waals surface area contributed by atoms with Gasteiger partial charge in [-0.1, -0.05) is 6.92 Å². The number of rotatable bonds is 4. The third kappa shape index (κ3) is 2.96. The van der Waals surface area contributed by atoms with Crippen LogP contribution >= 0.6 is 0 Å². The lowest BCUT2D eigenvalue weighted by Crippen LogP contribution is -2.16. The lowest BCUT2D eigenvalue weighted by Gasteiger charge is -1.98. The normalized spacial score (nSPS) is 13.0. The number of hydrogen-bond donors (Lipinski definition) is 1. The molecule has 0 saturated heterocycles. The first-order chi connectivity index (χ1) is 8.29. The maximum atomic E-state index is 11.2. The minimum atomic E-state index is -0.0792. The lowest BCUT2D eigenvalue weighted by atomic mass is 10.2. The van der Waals surface area contributed by atoms with E-state index in [4.69, 9.17) is 9.47 Å². The molecule has 1 heterocycles. The zero-order valence-corrected chi connectivity index (χ0v) is 9.60. The average Bonchev–Trinajstić information content (AvgIpc) is 2.76. The van der Waals surface area contributed by atoms with Gasteiger partial charge in [-0.05, 0) is 30.2 Å². The van der Waals surface area contributed by atoms with E-state index in [1.54, 1.807) is 6.21 Å². The highest BCUT2D eigenvalue weighted by Gasteiger charge is 2.12. The van der Waals surface area contributed by atoms with Gasteiger partial charge in [0.15, 0.2) is 11.5 Å². The van der Waals surface area contributed by atoms with Crippen LogP contribution in [0.3, 0.4) is 0 Å². The van der Waals surface area contributed by atoms with Crippen molar-refractivity contribution in [2.75, 3.05) is 6.79 Å². The number of hydrogen-bond acceptors (Lipinski definition) is 4. The van der Waals surface area contributed by atoms with Crippen molar-refractivity contribution in [3.63, 3.8) is 0 Å². The van der Waals surface area contributed by atoms with Crippen LogP contribution in [0.15, 0.2) is 23.3 Å². The molecule has 0 bridgehead atoms. The van der Waals surface area contributed by atoms with Crippen LogP contribution in [0, 0.1) is 0 Å². The first kappa shape index (κ1) is 11.4. The number of nitrogens with zero attached hydrogens (tertiary/aromatic N) is 1. The molecule has 1 N–H and O–H groups in total. The van der Waals surface area contributed by atoms with E-state index in [-0.39, 0.29) is 12.7 Å². The third-order valence-corrected chi connectivity index (χ3v) is 2.28. The van der Waals surface area contributed by atoms with Gasteiger partial charge in [-0.25, -0.2) is 5.43 Å². The van der Waals surface area contributed by atoms with E-state index >= 15 is 0 Å². The molecule has 0 aliphatic carbocycles. The molecule has 1 aliphatic rings. The van der Waals surface area contributed by atoms with Crippen molar-refractivity contribution in [2.24, 2.45) is 5.10 Å². The van der Waals surface area contributed by atoms with Crippen LogP contribution in [0.2, 0.25) is 0 Å². The summed E-state index contributed by atoms with van der Waals surface area (Å²) < 4.78 is 10.4. The number of amides is 1. The maximum absolute atomic E-state index is 11.2. The molecule has 1 aliphatic heterocycles. The second kappa shape index (κ2) is 5.34. The quantitative estimate of drug-likeness (QED) is 0.636. The highest BCUT2D eigenvalue weighted by molar-refractivity contribution is 5.83. The van der Waals surface area contributed by atoms with E-state index in [2.05, 4.69) is 10.5 Å². The molecule has 0 radical (unpaired) electrons. The Hall–Kier alpha value is -2.04. The monoisotopic (exact) mass is 234 g/mol. The minimum Gasteiger partial charge on any atom is -0.454 e. The average molecular weight is 234 g/mol. The summed E-state index contributed by atoms with van der Waals surface area (Å²) in [4.78, 5) is 11.2. The number of carbonyl (C=O) groups excluding carboxylic acids is 1. The van der Waals surface area contributed by atoms with E-state index in [0.29, 0.717) is 12.2 Å². The van der Waals surface area contributed by atoms with Crippen molar-refractivity contribution >= 4 is 12.1 Å². The van der Waals surface area contributed by atoms with E-state index in [1.807, 2.05) is 25.1 Å². The van der Waals surface area contributed by atoms with Crippen LogP contribution in [-0.2, 0) is 4.79 Å². The molecule has 0 spiro atoms. The van der Waals surface area contributed by atoms with Crippen LogP contribution in [0.25, 0.3) is 0 Å². The minimum absolute atomic E-state index is 0.0792. The van der Waals surface area contributed by atoms with Gasteiger partial charge in [0.05, 0.1) is 6.21 Å². The zero-order chi connectivity index (χ0) is 12.1. The van der Waals surface area contributed by atoms with Crippen molar-refractivity contribution in [3.8, 4) is 11.5 Å². The molecule has 17 heavy (non-hydrogen) atoms. The fourth-order valence-corrected chi connectivity index (χ4v) is 1.46. The van der Waals surface area contributed by atoms with Gasteiger partial charge < -0.3 is 9.47 Å². The van der Waals surface area contributed by atoms with Gasteiger partial charge in [0.2, 0.25) is 12.7 Å². The summed E-state index contributed by atoms with van der Waals surface area (Å²) in [6.45, 7) is 2.20. The fourth-order valence-electron chi connectivity index (χ4n) is 1.46.